The molecule has 0 radical (unpaired) electrons. The summed E-state index contributed by atoms with van der Waals surface area (Å²) in [5.74, 6) is 1.11. The largest absolute Gasteiger partial charge is 0.309 e. The Bertz CT molecular complexity index is 893. The first-order valence-electron chi connectivity index (χ1n) is 9.64. The highest BCUT2D eigenvalue weighted by molar-refractivity contribution is 7.99. The zero-order chi connectivity index (χ0) is 19.2. The van der Waals surface area contributed by atoms with Crippen molar-refractivity contribution in [1.82, 2.24) is 20.2 Å². The summed E-state index contributed by atoms with van der Waals surface area (Å²) in [4.78, 5) is 23.6. The van der Waals surface area contributed by atoms with Gasteiger partial charge in [-0.1, -0.05) is 49.2 Å². The number of nitrogens with one attached hydrogen (secondary N) is 1. The molecular weight excluding hydrogens is 370 g/mol. The fourth-order valence-electron chi connectivity index (χ4n) is 3.63. The van der Waals surface area contributed by atoms with Crippen LogP contribution in [0.1, 0.15) is 32.1 Å². The summed E-state index contributed by atoms with van der Waals surface area (Å²) in [7, 11) is 0. The molecule has 2 heterocycles. The Morgan fingerprint density at radius 1 is 1.07 bits per heavy atom. The lowest BCUT2D eigenvalue weighted by Crippen LogP contribution is -2.42. The van der Waals surface area contributed by atoms with Crippen LogP contribution in [0.5, 0.6) is 0 Å². The summed E-state index contributed by atoms with van der Waals surface area (Å²) in [5, 5.41) is 7.76. The standard InChI is InChI=1S/C21H23N5OS/c27-19(15-28-21-23-20(24-25-21)16-11-13-22-14-12-16)26(17-7-3-1-4-8-17)18-9-5-2-6-10-18/h1,3-4,7-8,11-14,18H,2,5-6,9-10,15H2,(H,23,24,25). The first-order chi connectivity index (χ1) is 13.8. The minimum atomic E-state index is 0.110. The lowest BCUT2D eigenvalue weighted by molar-refractivity contribution is -0.116. The maximum atomic E-state index is 13.1. The predicted molar refractivity (Wildman–Crippen MR) is 111 cm³/mol. The van der Waals surface area contributed by atoms with Crippen LogP contribution in [0.15, 0.2) is 60.0 Å². The molecule has 28 heavy (non-hydrogen) atoms. The summed E-state index contributed by atoms with van der Waals surface area (Å²) < 4.78 is 0. The van der Waals surface area contributed by atoms with Crippen molar-refractivity contribution in [2.75, 3.05) is 10.7 Å². The number of H-pyrrole nitrogens is 1. The van der Waals surface area contributed by atoms with Crippen LogP contribution in [0.2, 0.25) is 0 Å². The van der Waals surface area contributed by atoms with Crippen molar-refractivity contribution in [3.8, 4) is 11.4 Å². The van der Waals surface area contributed by atoms with Crippen LogP contribution in [-0.2, 0) is 4.79 Å². The van der Waals surface area contributed by atoms with E-state index in [0.717, 1.165) is 24.1 Å². The number of para-hydroxylation sites is 1. The molecule has 0 spiro atoms. The number of carbonyl (C=O) groups is 1. The molecular formula is C21H23N5OS. The zero-order valence-corrected chi connectivity index (χ0v) is 16.4. The Morgan fingerprint density at radius 3 is 2.57 bits per heavy atom. The number of benzene rings is 1. The van der Waals surface area contributed by atoms with Crippen LogP contribution < -0.4 is 4.90 Å². The van der Waals surface area contributed by atoms with E-state index in [-0.39, 0.29) is 11.9 Å². The van der Waals surface area contributed by atoms with Gasteiger partial charge in [0.15, 0.2) is 5.82 Å². The number of hydrogen-bond acceptors (Lipinski definition) is 5. The Hall–Kier alpha value is -2.67. The van der Waals surface area contributed by atoms with Gasteiger partial charge in [-0.05, 0) is 37.1 Å². The van der Waals surface area contributed by atoms with E-state index < -0.39 is 0 Å². The number of anilines is 1. The van der Waals surface area contributed by atoms with Gasteiger partial charge in [0, 0.05) is 29.7 Å². The molecule has 2 aromatic heterocycles. The SMILES string of the molecule is O=C(CSc1n[nH]c(-c2ccncc2)n1)N(c1ccccc1)C1CCCCC1. The number of rotatable bonds is 6. The Kier molecular flexibility index (Phi) is 6.01. The Morgan fingerprint density at radius 2 is 1.82 bits per heavy atom. The first kappa shape index (κ1) is 18.7. The molecule has 4 rings (SSSR count). The van der Waals surface area contributed by atoms with Crippen molar-refractivity contribution in [2.45, 2.75) is 43.3 Å². The van der Waals surface area contributed by atoms with Crippen LogP contribution in [-0.4, -0.2) is 37.9 Å². The monoisotopic (exact) mass is 393 g/mol. The molecule has 1 amide bonds. The van der Waals surface area contributed by atoms with E-state index in [1.165, 1.54) is 31.0 Å². The van der Waals surface area contributed by atoms with Crippen LogP contribution >= 0.6 is 11.8 Å². The van der Waals surface area contributed by atoms with E-state index in [0.29, 0.717) is 16.7 Å². The van der Waals surface area contributed by atoms with E-state index in [1.54, 1.807) is 12.4 Å². The smallest absolute Gasteiger partial charge is 0.237 e. The first-order valence-corrected chi connectivity index (χ1v) is 10.6. The average Bonchev–Trinajstić information content (AvgIpc) is 3.24. The maximum Gasteiger partial charge on any atom is 0.237 e. The molecule has 1 aliphatic rings. The van der Waals surface area contributed by atoms with Gasteiger partial charge < -0.3 is 4.90 Å². The van der Waals surface area contributed by atoms with Crippen LogP contribution in [0, 0.1) is 0 Å². The molecule has 0 bridgehead atoms. The molecule has 6 nitrogen and oxygen atoms in total. The third-order valence-corrected chi connectivity index (χ3v) is 5.82. The minimum Gasteiger partial charge on any atom is -0.309 e. The van der Waals surface area contributed by atoms with Crippen molar-refractivity contribution in [3.05, 3.63) is 54.9 Å². The molecule has 3 aromatic rings. The summed E-state index contributed by atoms with van der Waals surface area (Å²) in [5.41, 5.74) is 1.90. The number of aromatic amines is 1. The second kappa shape index (κ2) is 9.01. The van der Waals surface area contributed by atoms with Crippen LogP contribution in [0.3, 0.4) is 0 Å². The van der Waals surface area contributed by atoms with Gasteiger partial charge in [0.05, 0.1) is 5.75 Å². The summed E-state index contributed by atoms with van der Waals surface area (Å²) in [6, 6.07) is 14.0. The van der Waals surface area contributed by atoms with Gasteiger partial charge in [-0.15, -0.1) is 5.10 Å². The molecule has 1 saturated carbocycles. The van der Waals surface area contributed by atoms with E-state index >= 15 is 0 Å². The number of amides is 1. The fourth-order valence-corrected chi connectivity index (χ4v) is 4.29. The maximum absolute atomic E-state index is 13.1. The minimum absolute atomic E-state index is 0.110. The molecule has 0 saturated heterocycles. The van der Waals surface area contributed by atoms with Crippen molar-refractivity contribution in [2.24, 2.45) is 0 Å². The Labute approximate surface area is 168 Å². The topological polar surface area (TPSA) is 74.8 Å². The lowest BCUT2D eigenvalue weighted by atomic mass is 9.93. The van der Waals surface area contributed by atoms with Gasteiger partial charge in [0.2, 0.25) is 11.1 Å². The number of carbonyl (C=O) groups excluding carboxylic acids is 1. The molecule has 1 fully saturated rings. The van der Waals surface area contributed by atoms with E-state index in [2.05, 4.69) is 20.2 Å². The molecule has 0 atom stereocenters. The molecule has 0 aliphatic heterocycles. The lowest BCUT2D eigenvalue weighted by Gasteiger charge is -2.34. The molecule has 7 heteroatoms. The fraction of sp³-hybridized carbons (Fsp3) is 0.333. The third-order valence-electron chi connectivity index (χ3n) is 4.99. The highest BCUT2D eigenvalue weighted by Crippen LogP contribution is 2.29. The number of pyridine rings is 1. The number of hydrogen-bond donors (Lipinski definition) is 1. The van der Waals surface area contributed by atoms with E-state index in [1.807, 2.05) is 47.4 Å². The van der Waals surface area contributed by atoms with E-state index in [9.17, 15) is 4.79 Å². The van der Waals surface area contributed by atoms with Crippen molar-refractivity contribution < 1.29 is 4.79 Å². The van der Waals surface area contributed by atoms with Gasteiger partial charge in [0.25, 0.3) is 0 Å². The van der Waals surface area contributed by atoms with Crippen LogP contribution in [0.25, 0.3) is 11.4 Å². The molecule has 1 aliphatic carbocycles. The van der Waals surface area contributed by atoms with Gasteiger partial charge in [-0.25, -0.2) is 4.98 Å². The quantitative estimate of drug-likeness (QED) is 0.631. The molecule has 144 valence electrons. The van der Waals surface area contributed by atoms with E-state index in [4.69, 9.17) is 0 Å². The number of thioether (sulfide) groups is 1. The summed E-state index contributed by atoms with van der Waals surface area (Å²) in [6.07, 6.45) is 9.20. The van der Waals surface area contributed by atoms with Gasteiger partial charge in [0.1, 0.15) is 0 Å². The summed E-state index contributed by atoms with van der Waals surface area (Å²) >= 11 is 1.37. The van der Waals surface area contributed by atoms with Gasteiger partial charge in [-0.2, -0.15) is 0 Å². The van der Waals surface area contributed by atoms with Crippen molar-refractivity contribution in [1.29, 1.82) is 0 Å². The van der Waals surface area contributed by atoms with Gasteiger partial charge >= 0.3 is 0 Å². The second-order valence-corrected chi connectivity index (χ2v) is 7.82. The molecule has 1 aromatic carbocycles. The second-order valence-electron chi connectivity index (χ2n) is 6.88. The highest BCUT2D eigenvalue weighted by Gasteiger charge is 2.27. The number of nitrogens with zero attached hydrogens (tertiary/aromatic N) is 4. The average molecular weight is 394 g/mol. The normalized spacial score (nSPS) is 14.7. The Balaban J connectivity index is 1.45. The van der Waals surface area contributed by atoms with Crippen molar-refractivity contribution in [3.63, 3.8) is 0 Å². The van der Waals surface area contributed by atoms with Gasteiger partial charge in [-0.3, -0.25) is 14.9 Å². The van der Waals surface area contributed by atoms with Crippen molar-refractivity contribution >= 4 is 23.4 Å². The molecule has 1 N–H and O–H groups in total. The highest BCUT2D eigenvalue weighted by atomic mass is 32.2. The number of aromatic nitrogens is 4. The predicted octanol–water partition coefficient (Wildman–Crippen LogP) is 4.32. The van der Waals surface area contributed by atoms with Crippen LogP contribution in [0.4, 0.5) is 5.69 Å². The summed E-state index contributed by atoms with van der Waals surface area (Å²) in [6.45, 7) is 0. The molecule has 0 unspecified atom stereocenters. The zero-order valence-electron chi connectivity index (χ0n) is 15.6. The third kappa shape index (κ3) is 4.42.